The van der Waals surface area contributed by atoms with E-state index in [2.05, 4.69) is 32.6 Å². The van der Waals surface area contributed by atoms with Crippen LogP contribution in [0.5, 0.6) is 0 Å². The quantitative estimate of drug-likeness (QED) is 0.607. The Morgan fingerprint density at radius 1 is 1.24 bits per heavy atom. The number of anilines is 1. The molecule has 0 heterocycles. The standard InChI is InChI=1S/C14H23N3/c1-10(2)9-17(11(3)4)13-8-6-5-7-12(13)14(15)16/h5-8,10-11H,9H2,1-4H3,(H3,15,16). The van der Waals surface area contributed by atoms with Gasteiger partial charge in [-0.25, -0.2) is 0 Å². The van der Waals surface area contributed by atoms with Crippen LogP contribution in [0.3, 0.4) is 0 Å². The predicted molar refractivity (Wildman–Crippen MR) is 74.8 cm³/mol. The van der Waals surface area contributed by atoms with Crippen LogP contribution in [0.25, 0.3) is 0 Å². The Hall–Kier alpha value is -1.51. The van der Waals surface area contributed by atoms with Gasteiger partial charge in [0, 0.05) is 23.8 Å². The van der Waals surface area contributed by atoms with E-state index in [9.17, 15) is 0 Å². The average Bonchev–Trinajstić information content (AvgIpc) is 2.25. The Kier molecular flexibility index (Phi) is 4.55. The summed E-state index contributed by atoms with van der Waals surface area (Å²) in [6, 6.07) is 8.27. The van der Waals surface area contributed by atoms with E-state index in [4.69, 9.17) is 11.1 Å². The number of hydrogen-bond donors (Lipinski definition) is 2. The molecule has 3 nitrogen and oxygen atoms in total. The summed E-state index contributed by atoms with van der Waals surface area (Å²) in [6.45, 7) is 9.71. The van der Waals surface area contributed by atoms with Crippen LogP contribution in [-0.4, -0.2) is 18.4 Å². The smallest absolute Gasteiger partial charge is 0.124 e. The molecule has 17 heavy (non-hydrogen) atoms. The zero-order chi connectivity index (χ0) is 13.0. The van der Waals surface area contributed by atoms with E-state index in [0.717, 1.165) is 17.8 Å². The molecule has 0 aliphatic rings. The average molecular weight is 233 g/mol. The minimum absolute atomic E-state index is 0.134. The van der Waals surface area contributed by atoms with Gasteiger partial charge >= 0.3 is 0 Å². The molecule has 1 rings (SSSR count). The molecule has 0 saturated heterocycles. The highest BCUT2D eigenvalue weighted by Gasteiger charge is 2.16. The van der Waals surface area contributed by atoms with Gasteiger partial charge < -0.3 is 10.6 Å². The highest BCUT2D eigenvalue weighted by atomic mass is 15.2. The monoisotopic (exact) mass is 233 g/mol. The number of hydrogen-bond acceptors (Lipinski definition) is 2. The van der Waals surface area contributed by atoms with Crippen LogP contribution in [0.2, 0.25) is 0 Å². The number of benzene rings is 1. The number of rotatable bonds is 5. The van der Waals surface area contributed by atoms with Gasteiger partial charge in [-0.2, -0.15) is 0 Å². The fraction of sp³-hybridized carbons (Fsp3) is 0.500. The minimum Gasteiger partial charge on any atom is -0.384 e. The number of nitrogen functional groups attached to an aromatic ring is 1. The van der Waals surface area contributed by atoms with Gasteiger partial charge in [-0.1, -0.05) is 26.0 Å². The Bertz CT molecular complexity index is 383. The second-order valence-corrected chi connectivity index (χ2v) is 5.07. The zero-order valence-electron chi connectivity index (χ0n) is 11.2. The Morgan fingerprint density at radius 2 is 1.82 bits per heavy atom. The van der Waals surface area contributed by atoms with Crippen LogP contribution < -0.4 is 10.6 Å². The van der Waals surface area contributed by atoms with Crippen molar-refractivity contribution in [2.75, 3.05) is 11.4 Å². The van der Waals surface area contributed by atoms with E-state index in [1.165, 1.54) is 0 Å². The fourth-order valence-electron chi connectivity index (χ4n) is 1.93. The van der Waals surface area contributed by atoms with E-state index >= 15 is 0 Å². The summed E-state index contributed by atoms with van der Waals surface area (Å²) in [5.74, 6) is 0.715. The van der Waals surface area contributed by atoms with Crippen molar-refractivity contribution in [3.05, 3.63) is 29.8 Å². The van der Waals surface area contributed by atoms with Crippen molar-refractivity contribution in [3.8, 4) is 0 Å². The molecule has 0 bridgehead atoms. The van der Waals surface area contributed by atoms with Crippen LogP contribution in [0, 0.1) is 11.3 Å². The summed E-state index contributed by atoms with van der Waals surface area (Å²) in [6.07, 6.45) is 0. The summed E-state index contributed by atoms with van der Waals surface area (Å²) in [5, 5.41) is 7.64. The molecule has 3 heteroatoms. The molecule has 0 aliphatic carbocycles. The van der Waals surface area contributed by atoms with Crippen LogP contribution in [0.15, 0.2) is 24.3 Å². The summed E-state index contributed by atoms with van der Waals surface area (Å²) in [7, 11) is 0. The van der Waals surface area contributed by atoms with E-state index < -0.39 is 0 Å². The molecule has 0 aliphatic heterocycles. The number of amidine groups is 1. The molecule has 0 saturated carbocycles. The number of para-hydroxylation sites is 1. The Labute approximate surface area is 104 Å². The van der Waals surface area contributed by atoms with Gasteiger partial charge in [0.1, 0.15) is 5.84 Å². The lowest BCUT2D eigenvalue weighted by Crippen LogP contribution is -2.35. The van der Waals surface area contributed by atoms with E-state index in [-0.39, 0.29) is 5.84 Å². The molecule has 0 aromatic heterocycles. The minimum atomic E-state index is 0.134. The van der Waals surface area contributed by atoms with E-state index in [1.807, 2.05) is 24.3 Å². The van der Waals surface area contributed by atoms with Crippen molar-refractivity contribution in [2.45, 2.75) is 33.7 Å². The van der Waals surface area contributed by atoms with Gasteiger partial charge in [-0.3, -0.25) is 5.41 Å². The lowest BCUT2D eigenvalue weighted by atomic mass is 10.1. The lowest BCUT2D eigenvalue weighted by Gasteiger charge is -2.32. The van der Waals surface area contributed by atoms with Crippen molar-refractivity contribution in [3.63, 3.8) is 0 Å². The maximum Gasteiger partial charge on any atom is 0.124 e. The summed E-state index contributed by atoms with van der Waals surface area (Å²) in [5.41, 5.74) is 7.52. The second-order valence-electron chi connectivity index (χ2n) is 5.07. The third kappa shape index (κ3) is 3.48. The van der Waals surface area contributed by atoms with Gasteiger partial charge in [0.2, 0.25) is 0 Å². The van der Waals surface area contributed by atoms with Crippen molar-refractivity contribution < 1.29 is 0 Å². The van der Waals surface area contributed by atoms with E-state index in [0.29, 0.717) is 12.0 Å². The first kappa shape index (κ1) is 13.6. The van der Waals surface area contributed by atoms with Crippen molar-refractivity contribution in [2.24, 2.45) is 11.7 Å². The topological polar surface area (TPSA) is 53.1 Å². The van der Waals surface area contributed by atoms with Gasteiger partial charge in [-0.15, -0.1) is 0 Å². The third-order valence-electron chi connectivity index (χ3n) is 2.69. The molecule has 0 atom stereocenters. The molecule has 0 unspecified atom stereocenters. The maximum atomic E-state index is 7.64. The highest BCUT2D eigenvalue weighted by Crippen LogP contribution is 2.23. The Morgan fingerprint density at radius 3 is 2.29 bits per heavy atom. The summed E-state index contributed by atoms with van der Waals surface area (Å²) >= 11 is 0. The van der Waals surface area contributed by atoms with Gasteiger partial charge in [0.15, 0.2) is 0 Å². The first-order chi connectivity index (χ1) is 7.93. The van der Waals surface area contributed by atoms with Crippen LogP contribution >= 0.6 is 0 Å². The first-order valence-electron chi connectivity index (χ1n) is 6.13. The normalized spacial score (nSPS) is 10.9. The van der Waals surface area contributed by atoms with Crippen LogP contribution in [0.4, 0.5) is 5.69 Å². The number of nitrogens with one attached hydrogen (secondary N) is 1. The summed E-state index contributed by atoms with van der Waals surface area (Å²) in [4.78, 5) is 2.31. The van der Waals surface area contributed by atoms with Crippen molar-refractivity contribution >= 4 is 11.5 Å². The molecule has 1 aromatic carbocycles. The maximum absolute atomic E-state index is 7.64. The largest absolute Gasteiger partial charge is 0.384 e. The Balaban J connectivity index is 3.13. The fourth-order valence-corrected chi connectivity index (χ4v) is 1.93. The molecule has 0 amide bonds. The van der Waals surface area contributed by atoms with Crippen LogP contribution in [-0.2, 0) is 0 Å². The number of nitrogens with two attached hydrogens (primary N) is 1. The van der Waals surface area contributed by atoms with Gasteiger partial charge in [0.25, 0.3) is 0 Å². The molecular formula is C14H23N3. The SMILES string of the molecule is CC(C)CN(c1ccccc1C(=N)N)C(C)C. The van der Waals surface area contributed by atoms with Gasteiger partial charge in [0.05, 0.1) is 0 Å². The van der Waals surface area contributed by atoms with Crippen molar-refractivity contribution in [1.29, 1.82) is 5.41 Å². The van der Waals surface area contributed by atoms with Crippen LogP contribution in [0.1, 0.15) is 33.3 Å². The molecular weight excluding hydrogens is 210 g/mol. The molecule has 0 spiro atoms. The molecule has 3 N–H and O–H groups in total. The molecule has 0 fully saturated rings. The zero-order valence-corrected chi connectivity index (χ0v) is 11.2. The number of nitrogens with zero attached hydrogens (tertiary/aromatic N) is 1. The first-order valence-corrected chi connectivity index (χ1v) is 6.13. The second kappa shape index (κ2) is 5.71. The molecule has 94 valence electrons. The van der Waals surface area contributed by atoms with E-state index in [1.54, 1.807) is 0 Å². The third-order valence-corrected chi connectivity index (χ3v) is 2.69. The summed E-state index contributed by atoms with van der Waals surface area (Å²) < 4.78 is 0. The lowest BCUT2D eigenvalue weighted by molar-refractivity contribution is 0.571. The predicted octanol–water partition coefficient (Wildman–Crippen LogP) is 2.84. The van der Waals surface area contributed by atoms with Crippen molar-refractivity contribution in [1.82, 2.24) is 0 Å². The highest BCUT2D eigenvalue weighted by molar-refractivity contribution is 6.00. The molecule has 1 aromatic rings. The van der Waals surface area contributed by atoms with Gasteiger partial charge in [-0.05, 0) is 31.9 Å². The molecule has 0 radical (unpaired) electrons.